The minimum Gasteiger partial charge on any atom is -0.496 e. The number of nitrogens with zero attached hydrogens (tertiary/aromatic N) is 4. The monoisotopic (exact) mass is 289 g/mol. The zero-order valence-electron chi connectivity index (χ0n) is 11.5. The Morgan fingerprint density at radius 3 is 3.00 bits per heavy atom. The molecule has 1 aliphatic carbocycles. The minimum atomic E-state index is -0.457. The minimum absolute atomic E-state index is 0.0686. The summed E-state index contributed by atoms with van der Waals surface area (Å²) in [6.07, 6.45) is 4.08. The SMILES string of the molecule is COc1ccc(-n2cc(CNC3CC3)nn2)c([N+](=O)[O-])c1. The largest absolute Gasteiger partial charge is 0.496 e. The highest BCUT2D eigenvalue weighted by atomic mass is 16.6. The number of nitrogens with one attached hydrogen (secondary N) is 1. The van der Waals surface area contributed by atoms with E-state index in [-0.39, 0.29) is 5.69 Å². The molecule has 1 N–H and O–H groups in total. The van der Waals surface area contributed by atoms with Crippen molar-refractivity contribution in [1.29, 1.82) is 0 Å². The lowest BCUT2D eigenvalue weighted by Crippen LogP contribution is -2.15. The Kier molecular flexibility index (Phi) is 3.53. The van der Waals surface area contributed by atoms with Crippen LogP contribution in [0.1, 0.15) is 18.5 Å². The number of ether oxygens (including phenoxy) is 1. The molecule has 1 heterocycles. The van der Waals surface area contributed by atoms with Gasteiger partial charge in [-0.2, -0.15) is 0 Å². The predicted octanol–water partition coefficient (Wildman–Crippen LogP) is 1.44. The van der Waals surface area contributed by atoms with Crippen molar-refractivity contribution in [3.8, 4) is 11.4 Å². The zero-order chi connectivity index (χ0) is 14.8. The standard InChI is InChI=1S/C13H15N5O3/c1-21-11-4-5-12(13(6-11)18(19)20)17-8-10(15-16-17)7-14-9-2-3-9/h4-6,8-9,14H,2-3,7H2,1H3. The molecule has 21 heavy (non-hydrogen) atoms. The molecule has 3 rings (SSSR count). The molecule has 0 atom stereocenters. The molecule has 8 nitrogen and oxygen atoms in total. The summed E-state index contributed by atoms with van der Waals surface area (Å²) in [6, 6.07) is 5.21. The van der Waals surface area contributed by atoms with E-state index in [0.717, 1.165) is 5.69 Å². The maximum Gasteiger partial charge on any atom is 0.298 e. The van der Waals surface area contributed by atoms with Gasteiger partial charge in [-0.3, -0.25) is 10.1 Å². The summed E-state index contributed by atoms with van der Waals surface area (Å²) in [7, 11) is 1.47. The number of benzene rings is 1. The second-order valence-electron chi connectivity index (χ2n) is 4.92. The zero-order valence-corrected chi connectivity index (χ0v) is 11.5. The van der Waals surface area contributed by atoms with Crippen molar-refractivity contribution in [1.82, 2.24) is 20.3 Å². The first-order valence-electron chi connectivity index (χ1n) is 6.65. The van der Waals surface area contributed by atoms with Gasteiger partial charge in [0.15, 0.2) is 0 Å². The van der Waals surface area contributed by atoms with E-state index in [9.17, 15) is 10.1 Å². The van der Waals surface area contributed by atoms with Crippen LogP contribution in [0, 0.1) is 10.1 Å². The fraction of sp³-hybridized carbons (Fsp3) is 0.385. The van der Waals surface area contributed by atoms with E-state index in [4.69, 9.17) is 4.74 Å². The summed E-state index contributed by atoms with van der Waals surface area (Å²) >= 11 is 0. The van der Waals surface area contributed by atoms with Crippen LogP contribution >= 0.6 is 0 Å². The lowest BCUT2D eigenvalue weighted by molar-refractivity contribution is -0.384. The van der Waals surface area contributed by atoms with Crippen LogP contribution in [0.25, 0.3) is 5.69 Å². The van der Waals surface area contributed by atoms with Gasteiger partial charge in [0, 0.05) is 12.6 Å². The maximum absolute atomic E-state index is 11.2. The predicted molar refractivity (Wildman–Crippen MR) is 74.4 cm³/mol. The average Bonchev–Trinajstić information content (AvgIpc) is 3.21. The van der Waals surface area contributed by atoms with Crippen LogP contribution in [0.2, 0.25) is 0 Å². The third-order valence-corrected chi connectivity index (χ3v) is 3.32. The maximum atomic E-state index is 11.2. The quantitative estimate of drug-likeness (QED) is 0.638. The highest BCUT2D eigenvalue weighted by Gasteiger charge is 2.21. The van der Waals surface area contributed by atoms with Gasteiger partial charge < -0.3 is 10.1 Å². The van der Waals surface area contributed by atoms with Crippen LogP contribution in [-0.4, -0.2) is 33.1 Å². The number of nitro groups is 1. The summed E-state index contributed by atoms with van der Waals surface area (Å²) in [5.41, 5.74) is 1.05. The van der Waals surface area contributed by atoms with Crippen LogP contribution in [0.3, 0.4) is 0 Å². The normalized spacial score (nSPS) is 14.1. The Morgan fingerprint density at radius 1 is 1.52 bits per heavy atom. The third-order valence-electron chi connectivity index (χ3n) is 3.32. The molecule has 0 bridgehead atoms. The Balaban J connectivity index is 1.86. The Labute approximate surface area is 120 Å². The molecular formula is C13H15N5O3. The molecule has 1 aromatic heterocycles. The smallest absolute Gasteiger partial charge is 0.298 e. The van der Waals surface area contributed by atoms with Crippen molar-refractivity contribution in [3.05, 3.63) is 40.2 Å². The van der Waals surface area contributed by atoms with Crippen molar-refractivity contribution < 1.29 is 9.66 Å². The van der Waals surface area contributed by atoms with Crippen molar-refractivity contribution in [2.45, 2.75) is 25.4 Å². The first kappa shape index (κ1) is 13.5. The third kappa shape index (κ3) is 3.00. The Morgan fingerprint density at radius 2 is 2.33 bits per heavy atom. The summed E-state index contributed by atoms with van der Waals surface area (Å²) in [5.74, 6) is 0.432. The van der Waals surface area contributed by atoms with Crippen molar-refractivity contribution in [2.75, 3.05) is 7.11 Å². The first-order valence-corrected chi connectivity index (χ1v) is 6.65. The number of aromatic nitrogens is 3. The van der Waals surface area contributed by atoms with E-state index < -0.39 is 4.92 Å². The van der Waals surface area contributed by atoms with Gasteiger partial charge in [-0.15, -0.1) is 5.10 Å². The topological polar surface area (TPSA) is 95.1 Å². The number of hydrogen-bond acceptors (Lipinski definition) is 6. The second-order valence-corrected chi connectivity index (χ2v) is 4.92. The lowest BCUT2D eigenvalue weighted by Gasteiger charge is -2.04. The average molecular weight is 289 g/mol. The van der Waals surface area contributed by atoms with E-state index in [0.29, 0.717) is 24.0 Å². The number of nitro benzene ring substituents is 1. The molecule has 1 saturated carbocycles. The summed E-state index contributed by atoms with van der Waals surface area (Å²) in [6.45, 7) is 0.620. The highest BCUT2D eigenvalue weighted by molar-refractivity contribution is 5.55. The van der Waals surface area contributed by atoms with Gasteiger partial charge in [0.2, 0.25) is 0 Å². The highest BCUT2D eigenvalue weighted by Crippen LogP contribution is 2.27. The van der Waals surface area contributed by atoms with Gasteiger partial charge in [0.25, 0.3) is 5.69 Å². The number of methoxy groups -OCH3 is 1. The molecule has 0 amide bonds. The molecule has 0 aliphatic heterocycles. The second kappa shape index (κ2) is 5.49. The molecule has 1 aromatic carbocycles. The van der Waals surface area contributed by atoms with E-state index in [1.807, 2.05) is 0 Å². The first-order chi connectivity index (χ1) is 10.2. The molecule has 8 heteroatoms. The van der Waals surface area contributed by atoms with Gasteiger partial charge in [0.1, 0.15) is 11.4 Å². The fourth-order valence-corrected chi connectivity index (χ4v) is 2.00. The summed E-state index contributed by atoms with van der Waals surface area (Å²) in [4.78, 5) is 10.7. The number of rotatable bonds is 6. The fourth-order valence-electron chi connectivity index (χ4n) is 2.00. The molecule has 110 valence electrons. The molecule has 0 radical (unpaired) electrons. The molecule has 1 aliphatic rings. The lowest BCUT2D eigenvalue weighted by atomic mass is 10.2. The van der Waals surface area contributed by atoms with Crippen molar-refractivity contribution in [3.63, 3.8) is 0 Å². The molecule has 0 saturated heterocycles. The van der Waals surface area contributed by atoms with Crippen LogP contribution in [0.15, 0.2) is 24.4 Å². The van der Waals surface area contributed by atoms with E-state index in [1.165, 1.54) is 30.7 Å². The van der Waals surface area contributed by atoms with Gasteiger partial charge in [-0.05, 0) is 25.0 Å². The van der Waals surface area contributed by atoms with Gasteiger partial charge in [-0.1, -0.05) is 5.21 Å². The summed E-state index contributed by atoms with van der Waals surface area (Å²) < 4.78 is 6.43. The van der Waals surface area contributed by atoms with E-state index in [1.54, 1.807) is 18.3 Å². The Hall–Kier alpha value is -2.48. The van der Waals surface area contributed by atoms with Gasteiger partial charge >= 0.3 is 0 Å². The molecule has 2 aromatic rings. The van der Waals surface area contributed by atoms with E-state index >= 15 is 0 Å². The molecule has 0 spiro atoms. The Bertz CT molecular complexity index is 666. The van der Waals surface area contributed by atoms with Crippen LogP contribution in [0.5, 0.6) is 5.75 Å². The van der Waals surface area contributed by atoms with Gasteiger partial charge in [0.05, 0.1) is 30.0 Å². The molecular weight excluding hydrogens is 274 g/mol. The van der Waals surface area contributed by atoms with Crippen LogP contribution in [-0.2, 0) is 6.54 Å². The molecule has 0 unspecified atom stereocenters. The van der Waals surface area contributed by atoms with Crippen LogP contribution in [0.4, 0.5) is 5.69 Å². The van der Waals surface area contributed by atoms with Crippen LogP contribution < -0.4 is 10.1 Å². The van der Waals surface area contributed by atoms with Crippen molar-refractivity contribution >= 4 is 5.69 Å². The summed E-state index contributed by atoms with van der Waals surface area (Å²) in [5, 5.41) is 22.5. The van der Waals surface area contributed by atoms with E-state index in [2.05, 4.69) is 15.6 Å². The van der Waals surface area contributed by atoms with Crippen molar-refractivity contribution in [2.24, 2.45) is 0 Å². The van der Waals surface area contributed by atoms with Gasteiger partial charge in [-0.25, -0.2) is 4.68 Å². The number of hydrogen-bond donors (Lipinski definition) is 1. The molecule has 1 fully saturated rings.